The second kappa shape index (κ2) is 8.53. The zero-order valence-electron chi connectivity index (χ0n) is 17.4. The van der Waals surface area contributed by atoms with E-state index in [1.165, 1.54) is 10.2 Å². The van der Waals surface area contributed by atoms with E-state index >= 15 is 0 Å². The summed E-state index contributed by atoms with van der Waals surface area (Å²) in [4.78, 5) is 27.1. The van der Waals surface area contributed by atoms with Crippen LogP contribution in [0, 0.1) is 13.8 Å². The van der Waals surface area contributed by atoms with Gasteiger partial charge >= 0.3 is 0 Å². The van der Waals surface area contributed by atoms with Gasteiger partial charge in [0.15, 0.2) is 0 Å². The molecule has 0 bridgehead atoms. The van der Waals surface area contributed by atoms with Gasteiger partial charge in [-0.1, -0.05) is 23.8 Å². The first-order valence-corrected chi connectivity index (χ1v) is 10.3. The Morgan fingerprint density at radius 2 is 1.73 bits per heavy atom. The van der Waals surface area contributed by atoms with Crippen LogP contribution in [0.25, 0.3) is 5.69 Å². The maximum absolute atomic E-state index is 12.6. The first-order chi connectivity index (χ1) is 14.5. The van der Waals surface area contributed by atoms with E-state index in [0.717, 1.165) is 42.9 Å². The van der Waals surface area contributed by atoms with E-state index in [0.29, 0.717) is 17.8 Å². The van der Waals surface area contributed by atoms with Gasteiger partial charge in [0.1, 0.15) is 5.82 Å². The van der Waals surface area contributed by atoms with Gasteiger partial charge in [-0.25, -0.2) is 0 Å². The van der Waals surface area contributed by atoms with Crippen molar-refractivity contribution in [2.45, 2.75) is 33.2 Å². The highest BCUT2D eigenvalue weighted by Gasteiger charge is 2.15. The van der Waals surface area contributed by atoms with Crippen molar-refractivity contribution in [2.24, 2.45) is 0 Å². The van der Waals surface area contributed by atoms with Crippen LogP contribution in [0.4, 0.5) is 5.82 Å². The minimum Gasteiger partial charge on any atom is -0.355 e. The summed E-state index contributed by atoms with van der Waals surface area (Å²) < 4.78 is 1.39. The molecule has 1 fully saturated rings. The Hall–Kier alpha value is -3.41. The molecule has 0 spiro atoms. The van der Waals surface area contributed by atoms with Crippen molar-refractivity contribution in [1.82, 2.24) is 15.1 Å². The number of amides is 1. The molecule has 1 N–H and O–H groups in total. The molecule has 154 valence electrons. The molecular formula is C24H26N4O2. The number of hydrogen-bond donors (Lipinski definition) is 1. The van der Waals surface area contributed by atoms with Gasteiger partial charge in [0.25, 0.3) is 11.5 Å². The van der Waals surface area contributed by atoms with Gasteiger partial charge in [0, 0.05) is 31.3 Å². The largest absolute Gasteiger partial charge is 0.355 e. The monoisotopic (exact) mass is 402 g/mol. The molecule has 2 heterocycles. The standard InChI is InChI=1S/C24H26N4O2/c1-17-5-6-18(2)20(15-17)16-25-24(30)19-7-9-21(10-8-19)28-23(29)12-11-22(26-28)27-13-3-4-14-27/h5-12,15H,3-4,13-14,16H2,1-2H3,(H,25,30). The third-order valence-corrected chi connectivity index (χ3v) is 5.53. The lowest BCUT2D eigenvalue weighted by molar-refractivity contribution is 0.0951. The number of nitrogens with zero attached hydrogens (tertiary/aromatic N) is 3. The van der Waals surface area contributed by atoms with E-state index in [4.69, 9.17) is 0 Å². The summed E-state index contributed by atoms with van der Waals surface area (Å²) in [5, 5.41) is 7.49. The second-order valence-electron chi connectivity index (χ2n) is 7.80. The Morgan fingerprint density at radius 3 is 2.47 bits per heavy atom. The third-order valence-electron chi connectivity index (χ3n) is 5.53. The summed E-state index contributed by atoms with van der Waals surface area (Å²) in [5.74, 6) is 0.663. The Balaban J connectivity index is 1.48. The van der Waals surface area contributed by atoms with Crippen molar-refractivity contribution in [3.05, 3.63) is 87.2 Å². The Bertz CT molecular complexity index is 1110. The number of carbonyl (C=O) groups is 1. The molecule has 1 aliphatic heterocycles. The van der Waals surface area contributed by atoms with Gasteiger partial charge in [-0.05, 0) is 68.1 Å². The molecule has 0 unspecified atom stereocenters. The molecule has 3 aromatic rings. The molecule has 4 rings (SSSR count). The van der Waals surface area contributed by atoms with E-state index in [1.54, 1.807) is 36.4 Å². The summed E-state index contributed by atoms with van der Waals surface area (Å²) in [7, 11) is 0. The topological polar surface area (TPSA) is 67.2 Å². The van der Waals surface area contributed by atoms with Crippen molar-refractivity contribution in [3.63, 3.8) is 0 Å². The fourth-order valence-electron chi connectivity index (χ4n) is 3.72. The lowest BCUT2D eigenvalue weighted by Crippen LogP contribution is -2.26. The highest BCUT2D eigenvalue weighted by molar-refractivity contribution is 5.94. The molecule has 0 radical (unpaired) electrons. The first kappa shape index (κ1) is 19.9. The third kappa shape index (κ3) is 4.27. The van der Waals surface area contributed by atoms with E-state index in [1.807, 2.05) is 13.8 Å². The van der Waals surface area contributed by atoms with Crippen molar-refractivity contribution < 1.29 is 4.79 Å². The van der Waals surface area contributed by atoms with Crippen LogP contribution >= 0.6 is 0 Å². The van der Waals surface area contributed by atoms with Gasteiger partial charge in [0.05, 0.1) is 5.69 Å². The summed E-state index contributed by atoms with van der Waals surface area (Å²) in [6, 6.07) is 16.5. The van der Waals surface area contributed by atoms with Gasteiger partial charge < -0.3 is 10.2 Å². The number of hydrogen-bond acceptors (Lipinski definition) is 4. The van der Waals surface area contributed by atoms with Gasteiger partial charge in [-0.3, -0.25) is 9.59 Å². The molecule has 0 saturated carbocycles. The quantitative estimate of drug-likeness (QED) is 0.711. The Kier molecular flexibility index (Phi) is 5.65. The molecule has 1 amide bonds. The van der Waals surface area contributed by atoms with Crippen LogP contribution in [0.3, 0.4) is 0 Å². The van der Waals surface area contributed by atoms with Gasteiger partial charge in [-0.15, -0.1) is 5.10 Å². The van der Waals surface area contributed by atoms with E-state index in [9.17, 15) is 9.59 Å². The lowest BCUT2D eigenvalue weighted by Gasteiger charge is -2.17. The minimum atomic E-state index is -0.190. The Morgan fingerprint density at radius 1 is 1.00 bits per heavy atom. The number of anilines is 1. The summed E-state index contributed by atoms with van der Waals surface area (Å²) in [6.45, 7) is 6.48. The second-order valence-corrected chi connectivity index (χ2v) is 7.80. The zero-order valence-corrected chi connectivity index (χ0v) is 17.4. The van der Waals surface area contributed by atoms with Crippen LogP contribution < -0.4 is 15.8 Å². The normalized spacial score (nSPS) is 13.5. The molecule has 0 atom stereocenters. The number of benzene rings is 2. The fraction of sp³-hybridized carbons (Fsp3) is 0.292. The average Bonchev–Trinajstić information content (AvgIpc) is 3.29. The van der Waals surface area contributed by atoms with E-state index in [2.05, 4.69) is 33.5 Å². The zero-order chi connectivity index (χ0) is 21.1. The molecule has 30 heavy (non-hydrogen) atoms. The summed E-state index contributed by atoms with van der Waals surface area (Å²) >= 11 is 0. The summed E-state index contributed by atoms with van der Waals surface area (Å²) in [6.07, 6.45) is 2.29. The predicted molar refractivity (Wildman–Crippen MR) is 118 cm³/mol. The molecule has 1 aliphatic rings. The van der Waals surface area contributed by atoms with Gasteiger partial charge in [0.2, 0.25) is 0 Å². The van der Waals surface area contributed by atoms with E-state index < -0.39 is 0 Å². The van der Waals surface area contributed by atoms with Crippen LogP contribution in [0.2, 0.25) is 0 Å². The van der Waals surface area contributed by atoms with Crippen molar-refractivity contribution in [2.75, 3.05) is 18.0 Å². The SMILES string of the molecule is Cc1ccc(C)c(CNC(=O)c2ccc(-n3nc(N4CCCC4)ccc3=O)cc2)c1. The van der Waals surface area contributed by atoms with E-state index in [-0.39, 0.29) is 11.5 Å². The predicted octanol–water partition coefficient (Wildman–Crippen LogP) is 3.38. The lowest BCUT2D eigenvalue weighted by atomic mass is 10.1. The smallest absolute Gasteiger partial charge is 0.271 e. The maximum Gasteiger partial charge on any atom is 0.271 e. The number of aryl methyl sites for hydroxylation is 2. The average molecular weight is 402 g/mol. The molecule has 2 aromatic carbocycles. The van der Waals surface area contributed by atoms with Crippen molar-refractivity contribution >= 4 is 11.7 Å². The molecule has 0 aliphatic carbocycles. The van der Waals surface area contributed by atoms with Crippen LogP contribution in [0.5, 0.6) is 0 Å². The van der Waals surface area contributed by atoms with Crippen LogP contribution in [0.15, 0.2) is 59.4 Å². The fourth-order valence-corrected chi connectivity index (χ4v) is 3.72. The molecular weight excluding hydrogens is 376 g/mol. The number of aromatic nitrogens is 2. The highest BCUT2D eigenvalue weighted by atomic mass is 16.1. The van der Waals surface area contributed by atoms with Crippen LogP contribution in [-0.2, 0) is 6.54 Å². The Labute approximate surface area is 176 Å². The number of nitrogens with one attached hydrogen (secondary N) is 1. The van der Waals surface area contributed by atoms with Gasteiger partial charge in [-0.2, -0.15) is 4.68 Å². The molecule has 1 saturated heterocycles. The highest BCUT2D eigenvalue weighted by Crippen LogP contribution is 2.17. The maximum atomic E-state index is 12.6. The summed E-state index contributed by atoms with van der Waals surface area (Å²) in [5.41, 5.74) is 4.43. The molecule has 1 aromatic heterocycles. The molecule has 6 nitrogen and oxygen atoms in total. The van der Waals surface area contributed by atoms with Crippen LogP contribution in [0.1, 0.15) is 39.9 Å². The molecule has 6 heteroatoms. The number of rotatable bonds is 5. The number of carbonyl (C=O) groups excluding carboxylic acids is 1. The minimum absolute atomic E-state index is 0.145. The van der Waals surface area contributed by atoms with Crippen LogP contribution in [-0.4, -0.2) is 28.8 Å². The first-order valence-electron chi connectivity index (χ1n) is 10.3. The van der Waals surface area contributed by atoms with Crippen molar-refractivity contribution in [3.8, 4) is 5.69 Å². The van der Waals surface area contributed by atoms with Crippen molar-refractivity contribution in [1.29, 1.82) is 0 Å².